The van der Waals surface area contributed by atoms with E-state index in [2.05, 4.69) is 46.2 Å². The molecule has 0 spiro atoms. The molecule has 148 valence electrons. The molecule has 2 aromatic heterocycles. The third kappa shape index (κ3) is 4.44. The van der Waals surface area contributed by atoms with Crippen molar-refractivity contribution in [2.24, 2.45) is 0 Å². The van der Waals surface area contributed by atoms with Crippen LogP contribution in [0, 0.1) is 13.8 Å². The van der Waals surface area contributed by atoms with E-state index in [0.29, 0.717) is 11.2 Å². The first-order valence-electron chi connectivity index (χ1n) is 9.37. The van der Waals surface area contributed by atoms with Gasteiger partial charge in [-0.1, -0.05) is 11.8 Å². The maximum Gasteiger partial charge on any atom is 0.234 e. The summed E-state index contributed by atoms with van der Waals surface area (Å²) in [4.78, 5) is 19.1. The Kier molecular flexibility index (Phi) is 6.18. The lowest BCUT2D eigenvalue weighted by atomic mass is 10.2. The molecule has 3 rings (SSSR count). The van der Waals surface area contributed by atoms with Crippen molar-refractivity contribution >= 4 is 34.7 Å². The van der Waals surface area contributed by atoms with Crippen LogP contribution < -0.4 is 10.2 Å². The fraction of sp³-hybridized carbons (Fsp3) is 0.400. The summed E-state index contributed by atoms with van der Waals surface area (Å²) in [5.74, 6) is 0.982. The van der Waals surface area contributed by atoms with Gasteiger partial charge in [-0.25, -0.2) is 4.98 Å². The number of nitrogens with one attached hydrogen (secondary N) is 1. The second kappa shape index (κ2) is 8.60. The summed E-state index contributed by atoms with van der Waals surface area (Å²) in [5, 5.41) is 12.0. The van der Waals surface area contributed by atoms with Crippen LogP contribution in [0.15, 0.2) is 35.5 Å². The normalized spacial score (nSPS) is 11.2. The Hall–Kier alpha value is -2.61. The average molecular weight is 399 g/mol. The number of aryl methyl sites for hydroxylation is 2. The van der Waals surface area contributed by atoms with Crippen molar-refractivity contribution in [3.8, 4) is 0 Å². The van der Waals surface area contributed by atoms with E-state index in [9.17, 15) is 4.79 Å². The molecule has 0 aliphatic rings. The minimum absolute atomic E-state index is 0.0802. The first-order valence-corrected chi connectivity index (χ1v) is 10.4. The number of hydrogen-bond donors (Lipinski definition) is 1. The van der Waals surface area contributed by atoms with Gasteiger partial charge in [-0.05, 0) is 58.9 Å². The molecule has 0 fully saturated rings. The molecule has 0 aliphatic carbocycles. The van der Waals surface area contributed by atoms with Crippen LogP contribution in [-0.2, 0) is 4.79 Å². The van der Waals surface area contributed by atoms with E-state index < -0.39 is 0 Å². The monoisotopic (exact) mass is 398 g/mol. The molecule has 2 heterocycles. The lowest BCUT2D eigenvalue weighted by molar-refractivity contribution is -0.113. The number of aromatic nitrogens is 4. The Labute approximate surface area is 169 Å². The smallest absolute Gasteiger partial charge is 0.234 e. The van der Waals surface area contributed by atoms with Crippen molar-refractivity contribution < 1.29 is 4.79 Å². The zero-order valence-corrected chi connectivity index (χ0v) is 17.7. The average Bonchev–Trinajstić information content (AvgIpc) is 3.05. The Morgan fingerprint density at radius 3 is 2.57 bits per heavy atom. The quantitative estimate of drug-likeness (QED) is 0.612. The number of amides is 1. The van der Waals surface area contributed by atoms with Gasteiger partial charge in [0.05, 0.1) is 5.75 Å². The summed E-state index contributed by atoms with van der Waals surface area (Å²) in [6.07, 6.45) is 0. The van der Waals surface area contributed by atoms with Gasteiger partial charge in [0.1, 0.15) is 5.82 Å². The first kappa shape index (κ1) is 20.1. The zero-order chi connectivity index (χ0) is 20.3. The van der Waals surface area contributed by atoms with E-state index in [-0.39, 0.29) is 11.7 Å². The van der Waals surface area contributed by atoms with Gasteiger partial charge < -0.3 is 10.2 Å². The molecule has 0 aliphatic heterocycles. The second-order valence-electron chi connectivity index (χ2n) is 6.88. The molecular weight excluding hydrogens is 372 g/mol. The number of nitrogens with zero attached hydrogens (tertiary/aromatic N) is 5. The molecule has 0 radical (unpaired) electrons. The van der Waals surface area contributed by atoms with Gasteiger partial charge in [0.15, 0.2) is 10.8 Å². The number of anilines is 2. The molecule has 0 unspecified atom stereocenters. The van der Waals surface area contributed by atoms with Crippen molar-refractivity contribution in [3.63, 3.8) is 0 Å². The summed E-state index contributed by atoms with van der Waals surface area (Å²) in [7, 11) is 0. The molecule has 0 bridgehead atoms. The molecule has 1 N–H and O–H groups in total. The highest BCUT2D eigenvalue weighted by Crippen LogP contribution is 2.21. The highest BCUT2D eigenvalue weighted by atomic mass is 32.2. The highest BCUT2D eigenvalue weighted by molar-refractivity contribution is 7.99. The highest BCUT2D eigenvalue weighted by Gasteiger charge is 2.13. The van der Waals surface area contributed by atoms with E-state index in [1.807, 2.05) is 48.6 Å². The second-order valence-corrected chi connectivity index (χ2v) is 7.83. The Morgan fingerprint density at radius 1 is 1.21 bits per heavy atom. The lowest BCUT2D eigenvalue weighted by Gasteiger charge is -2.27. The van der Waals surface area contributed by atoms with Crippen LogP contribution in [0.1, 0.15) is 32.3 Å². The predicted octanol–water partition coefficient (Wildman–Crippen LogP) is 3.71. The van der Waals surface area contributed by atoms with Gasteiger partial charge in [-0.15, -0.1) is 10.2 Å². The molecule has 3 aromatic rings. The van der Waals surface area contributed by atoms with E-state index in [1.165, 1.54) is 11.8 Å². The van der Waals surface area contributed by atoms with E-state index in [0.717, 1.165) is 35.1 Å². The predicted molar refractivity (Wildman–Crippen MR) is 114 cm³/mol. The SMILES string of the molecule is CCN(c1ccc(NC(=O)CSc2nnc3cc(C)nc(C)n23)cc1)C(C)C. The third-order valence-electron chi connectivity index (χ3n) is 4.44. The van der Waals surface area contributed by atoms with Crippen LogP contribution >= 0.6 is 11.8 Å². The number of benzene rings is 1. The van der Waals surface area contributed by atoms with Crippen LogP contribution in [0.2, 0.25) is 0 Å². The summed E-state index contributed by atoms with van der Waals surface area (Å²) in [5.41, 5.74) is 3.58. The molecule has 1 amide bonds. The number of hydrogen-bond acceptors (Lipinski definition) is 6. The summed E-state index contributed by atoms with van der Waals surface area (Å²) >= 11 is 1.35. The van der Waals surface area contributed by atoms with Crippen LogP contribution in [0.25, 0.3) is 5.65 Å². The van der Waals surface area contributed by atoms with Crippen LogP contribution in [0.4, 0.5) is 11.4 Å². The molecule has 1 aromatic carbocycles. The van der Waals surface area contributed by atoms with Gasteiger partial charge in [0, 0.05) is 35.7 Å². The molecule has 0 saturated carbocycles. The zero-order valence-electron chi connectivity index (χ0n) is 16.9. The number of fused-ring (bicyclic) bond motifs is 1. The molecule has 28 heavy (non-hydrogen) atoms. The topological polar surface area (TPSA) is 75.4 Å². The van der Waals surface area contributed by atoms with Crippen molar-refractivity contribution in [3.05, 3.63) is 41.9 Å². The van der Waals surface area contributed by atoms with Gasteiger partial charge in [-0.2, -0.15) is 0 Å². The maximum atomic E-state index is 12.4. The number of rotatable bonds is 7. The van der Waals surface area contributed by atoms with E-state index >= 15 is 0 Å². The number of thioether (sulfide) groups is 1. The van der Waals surface area contributed by atoms with Crippen molar-refractivity contribution in [1.29, 1.82) is 0 Å². The van der Waals surface area contributed by atoms with E-state index in [4.69, 9.17) is 0 Å². The Balaban J connectivity index is 1.62. The number of carbonyl (C=O) groups excluding carboxylic acids is 1. The first-order chi connectivity index (χ1) is 13.4. The molecule has 8 heteroatoms. The summed E-state index contributed by atoms with van der Waals surface area (Å²) < 4.78 is 1.87. The molecule has 0 atom stereocenters. The third-order valence-corrected chi connectivity index (χ3v) is 5.37. The van der Waals surface area contributed by atoms with Crippen molar-refractivity contribution in [1.82, 2.24) is 19.6 Å². The summed E-state index contributed by atoms with van der Waals surface area (Å²) in [6, 6.07) is 10.3. The Morgan fingerprint density at radius 2 is 1.93 bits per heavy atom. The van der Waals surface area contributed by atoms with E-state index in [1.54, 1.807) is 0 Å². The molecular formula is C20H26N6OS. The van der Waals surface area contributed by atoms with Crippen LogP contribution in [0.5, 0.6) is 0 Å². The fourth-order valence-electron chi connectivity index (χ4n) is 3.21. The molecule has 7 nitrogen and oxygen atoms in total. The van der Waals surface area contributed by atoms with Gasteiger partial charge >= 0.3 is 0 Å². The Bertz CT molecular complexity index is 967. The summed E-state index contributed by atoms with van der Waals surface area (Å²) in [6.45, 7) is 11.3. The minimum Gasteiger partial charge on any atom is -0.369 e. The van der Waals surface area contributed by atoms with Crippen LogP contribution in [-0.4, -0.2) is 43.8 Å². The number of carbonyl (C=O) groups is 1. The van der Waals surface area contributed by atoms with Gasteiger partial charge in [0.2, 0.25) is 5.91 Å². The lowest BCUT2D eigenvalue weighted by Crippen LogP contribution is -2.30. The van der Waals surface area contributed by atoms with Crippen molar-refractivity contribution in [2.45, 2.75) is 45.8 Å². The van der Waals surface area contributed by atoms with Gasteiger partial charge in [-0.3, -0.25) is 9.20 Å². The van der Waals surface area contributed by atoms with Gasteiger partial charge in [0.25, 0.3) is 0 Å². The molecule has 0 saturated heterocycles. The minimum atomic E-state index is -0.0802. The fourth-order valence-corrected chi connectivity index (χ4v) is 3.99. The standard InChI is InChI=1S/C20H26N6OS/c1-6-25(13(2)3)17-9-7-16(8-10-17)22-19(27)12-28-20-24-23-18-11-14(4)21-15(5)26(18)20/h7-11,13H,6,12H2,1-5H3,(H,22,27). The van der Waals surface area contributed by atoms with Crippen molar-refractivity contribution in [2.75, 3.05) is 22.5 Å². The maximum absolute atomic E-state index is 12.4. The largest absolute Gasteiger partial charge is 0.369 e. The van der Waals surface area contributed by atoms with Crippen LogP contribution in [0.3, 0.4) is 0 Å².